The van der Waals surface area contributed by atoms with Crippen LogP contribution in [-0.2, 0) is 6.54 Å². The highest BCUT2D eigenvalue weighted by molar-refractivity contribution is 5.93. The molecule has 0 aliphatic rings. The third-order valence-corrected chi connectivity index (χ3v) is 1.79. The van der Waals surface area contributed by atoms with Crippen LogP contribution in [0.1, 0.15) is 16.1 Å². The molecule has 2 rings (SSSR count). The Morgan fingerprint density at radius 1 is 1.36 bits per heavy atom. The normalized spacial score (nSPS) is 10.0. The second kappa shape index (κ2) is 3.83. The lowest BCUT2D eigenvalue weighted by Crippen LogP contribution is -2.21. The molecule has 4 heteroatoms. The van der Waals surface area contributed by atoms with Gasteiger partial charge in [-0.1, -0.05) is 0 Å². The summed E-state index contributed by atoms with van der Waals surface area (Å²) in [6, 6.07) is 5.19. The molecule has 0 aromatic carbocycles. The Morgan fingerprint density at radius 2 is 2.29 bits per heavy atom. The maximum absolute atomic E-state index is 11.4. The van der Waals surface area contributed by atoms with Crippen LogP contribution in [0, 0.1) is 0 Å². The fraction of sp³-hybridized carbons (Fsp3) is 0.100. The van der Waals surface area contributed by atoms with Crippen LogP contribution in [-0.4, -0.2) is 5.91 Å². The standard InChI is InChI=1S/C10H9NO3/c12-10(8-3-5-13-7-8)11-6-9-2-1-4-14-9/h1-5,7H,6H2,(H,11,12). The van der Waals surface area contributed by atoms with Crippen molar-refractivity contribution in [1.82, 2.24) is 5.32 Å². The minimum atomic E-state index is -0.171. The molecule has 0 aliphatic carbocycles. The molecule has 1 amide bonds. The molecule has 2 aromatic rings. The molecule has 14 heavy (non-hydrogen) atoms. The van der Waals surface area contributed by atoms with Crippen LogP contribution in [0.15, 0.2) is 45.8 Å². The topological polar surface area (TPSA) is 55.4 Å². The van der Waals surface area contributed by atoms with E-state index < -0.39 is 0 Å². The molecule has 2 aromatic heterocycles. The second-order valence-electron chi connectivity index (χ2n) is 2.77. The molecule has 0 unspecified atom stereocenters. The first-order valence-corrected chi connectivity index (χ1v) is 4.19. The van der Waals surface area contributed by atoms with Crippen molar-refractivity contribution in [3.05, 3.63) is 48.3 Å². The summed E-state index contributed by atoms with van der Waals surface area (Å²) in [7, 11) is 0. The van der Waals surface area contributed by atoms with Crippen LogP contribution in [0.2, 0.25) is 0 Å². The molecule has 72 valence electrons. The number of hydrogen-bond acceptors (Lipinski definition) is 3. The van der Waals surface area contributed by atoms with Crippen LogP contribution in [0.25, 0.3) is 0 Å². The van der Waals surface area contributed by atoms with E-state index in [4.69, 9.17) is 8.83 Å². The third kappa shape index (κ3) is 1.85. The molecular weight excluding hydrogens is 182 g/mol. The predicted molar refractivity (Wildman–Crippen MR) is 48.6 cm³/mol. The molecule has 0 spiro atoms. The molecule has 0 radical (unpaired) electrons. The second-order valence-corrected chi connectivity index (χ2v) is 2.77. The van der Waals surface area contributed by atoms with Gasteiger partial charge in [0, 0.05) is 0 Å². The van der Waals surface area contributed by atoms with Gasteiger partial charge in [0.1, 0.15) is 12.0 Å². The van der Waals surface area contributed by atoms with Crippen molar-refractivity contribution in [3.63, 3.8) is 0 Å². The zero-order chi connectivity index (χ0) is 9.80. The zero-order valence-corrected chi connectivity index (χ0v) is 7.40. The number of rotatable bonds is 3. The summed E-state index contributed by atoms with van der Waals surface area (Å²) in [5.74, 6) is 0.553. The quantitative estimate of drug-likeness (QED) is 0.804. The average molecular weight is 191 g/mol. The summed E-state index contributed by atoms with van der Waals surface area (Å²) < 4.78 is 9.85. The van der Waals surface area contributed by atoms with Crippen LogP contribution in [0.5, 0.6) is 0 Å². The fourth-order valence-corrected chi connectivity index (χ4v) is 1.08. The SMILES string of the molecule is O=C(NCc1ccco1)c1ccoc1. The van der Waals surface area contributed by atoms with Gasteiger partial charge in [-0.15, -0.1) is 0 Å². The summed E-state index contributed by atoms with van der Waals surface area (Å²) in [6.45, 7) is 0.386. The maximum atomic E-state index is 11.4. The van der Waals surface area contributed by atoms with Crippen molar-refractivity contribution < 1.29 is 13.6 Å². The van der Waals surface area contributed by atoms with Crippen LogP contribution in [0.3, 0.4) is 0 Å². The first kappa shape index (κ1) is 8.62. The molecular formula is C10H9NO3. The highest BCUT2D eigenvalue weighted by Crippen LogP contribution is 2.02. The molecule has 0 aliphatic heterocycles. The van der Waals surface area contributed by atoms with Gasteiger partial charge in [0.15, 0.2) is 0 Å². The van der Waals surface area contributed by atoms with Gasteiger partial charge in [0.05, 0.1) is 24.6 Å². The highest BCUT2D eigenvalue weighted by atomic mass is 16.3. The van der Waals surface area contributed by atoms with Gasteiger partial charge in [-0.05, 0) is 18.2 Å². The number of carbonyl (C=O) groups excluding carboxylic acids is 1. The van der Waals surface area contributed by atoms with Crippen molar-refractivity contribution in [2.24, 2.45) is 0 Å². The molecule has 1 N–H and O–H groups in total. The van der Waals surface area contributed by atoms with Crippen LogP contribution in [0.4, 0.5) is 0 Å². The minimum Gasteiger partial charge on any atom is -0.472 e. The number of carbonyl (C=O) groups is 1. The molecule has 2 heterocycles. The van der Waals surface area contributed by atoms with E-state index in [1.807, 2.05) is 0 Å². The monoisotopic (exact) mass is 191 g/mol. The summed E-state index contributed by atoms with van der Waals surface area (Å²) in [4.78, 5) is 11.4. The number of furan rings is 2. The molecule has 0 fully saturated rings. The highest BCUT2D eigenvalue weighted by Gasteiger charge is 2.06. The van der Waals surface area contributed by atoms with Crippen LogP contribution >= 0.6 is 0 Å². The van der Waals surface area contributed by atoms with Gasteiger partial charge in [-0.2, -0.15) is 0 Å². The van der Waals surface area contributed by atoms with E-state index in [0.29, 0.717) is 12.1 Å². The Labute approximate surface area is 80.5 Å². The number of hydrogen-bond donors (Lipinski definition) is 1. The Hall–Kier alpha value is -1.97. The third-order valence-electron chi connectivity index (χ3n) is 1.79. The van der Waals surface area contributed by atoms with Crippen molar-refractivity contribution in [2.45, 2.75) is 6.54 Å². The van der Waals surface area contributed by atoms with Gasteiger partial charge < -0.3 is 14.2 Å². The molecule has 0 saturated heterocycles. The first-order chi connectivity index (χ1) is 6.86. The number of amides is 1. The molecule has 0 bridgehead atoms. The Morgan fingerprint density at radius 3 is 2.93 bits per heavy atom. The summed E-state index contributed by atoms with van der Waals surface area (Å²) in [5.41, 5.74) is 0.511. The lowest BCUT2D eigenvalue weighted by molar-refractivity contribution is 0.0947. The Bertz CT molecular complexity index is 389. The van der Waals surface area contributed by atoms with Crippen molar-refractivity contribution >= 4 is 5.91 Å². The van der Waals surface area contributed by atoms with Gasteiger partial charge in [-0.25, -0.2) is 0 Å². The predicted octanol–water partition coefficient (Wildman–Crippen LogP) is 1.80. The van der Waals surface area contributed by atoms with E-state index in [1.165, 1.54) is 12.5 Å². The summed E-state index contributed by atoms with van der Waals surface area (Å²) in [5, 5.41) is 2.69. The average Bonchev–Trinajstić information content (AvgIpc) is 2.87. The summed E-state index contributed by atoms with van der Waals surface area (Å²) >= 11 is 0. The van der Waals surface area contributed by atoms with Gasteiger partial charge in [0.2, 0.25) is 0 Å². The van der Waals surface area contributed by atoms with Crippen molar-refractivity contribution in [1.29, 1.82) is 0 Å². The molecule has 0 saturated carbocycles. The maximum Gasteiger partial charge on any atom is 0.254 e. The molecule has 4 nitrogen and oxygen atoms in total. The smallest absolute Gasteiger partial charge is 0.254 e. The van der Waals surface area contributed by atoms with E-state index in [9.17, 15) is 4.79 Å². The van der Waals surface area contributed by atoms with Crippen molar-refractivity contribution in [2.75, 3.05) is 0 Å². The van der Waals surface area contributed by atoms with Gasteiger partial charge in [0.25, 0.3) is 5.91 Å². The van der Waals surface area contributed by atoms with Gasteiger partial charge >= 0.3 is 0 Å². The largest absolute Gasteiger partial charge is 0.472 e. The van der Waals surface area contributed by atoms with Crippen molar-refractivity contribution in [3.8, 4) is 0 Å². The van der Waals surface area contributed by atoms with Gasteiger partial charge in [-0.3, -0.25) is 4.79 Å². The lowest BCUT2D eigenvalue weighted by Gasteiger charge is -1.99. The van der Waals surface area contributed by atoms with E-state index in [2.05, 4.69) is 5.32 Å². The Balaban J connectivity index is 1.90. The van der Waals surface area contributed by atoms with Crippen LogP contribution < -0.4 is 5.32 Å². The fourth-order valence-electron chi connectivity index (χ4n) is 1.08. The van der Waals surface area contributed by atoms with E-state index in [1.54, 1.807) is 24.5 Å². The zero-order valence-electron chi connectivity index (χ0n) is 7.40. The first-order valence-electron chi connectivity index (χ1n) is 4.19. The van der Waals surface area contributed by atoms with E-state index >= 15 is 0 Å². The van der Waals surface area contributed by atoms with E-state index in [-0.39, 0.29) is 5.91 Å². The summed E-state index contributed by atoms with van der Waals surface area (Å²) in [6.07, 6.45) is 4.43. The Kier molecular flexibility index (Phi) is 2.36. The van der Waals surface area contributed by atoms with E-state index in [0.717, 1.165) is 5.76 Å². The number of nitrogens with one attached hydrogen (secondary N) is 1. The lowest BCUT2D eigenvalue weighted by atomic mass is 10.3. The minimum absolute atomic E-state index is 0.171. The molecule has 0 atom stereocenters.